The third-order valence-corrected chi connectivity index (χ3v) is 1.73. The maximum atomic E-state index is 5.49. The van der Waals surface area contributed by atoms with Crippen LogP contribution in [0.2, 0.25) is 0 Å². The number of hydrogen-bond donors (Lipinski definition) is 1. The summed E-state index contributed by atoms with van der Waals surface area (Å²) in [5, 5.41) is 0. The monoisotopic (exact) mass is 169 g/mol. The summed E-state index contributed by atoms with van der Waals surface area (Å²) in [7, 11) is 3.78. The van der Waals surface area contributed by atoms with Gasteiger partial charge in [-0.25, -0.2) is 4.98 Å². The molecule has 1 unspecified atom stereocenters. The molecule has 4 heteroatoms. The molecule has 1 aromatic heterocycles. The summed E-state index contributed by atoms with van der Waals surface area (Å²) in [5.41, 5.74) is 5.49. The summed E-state index contributed by atoms with van der Waals surface area (Å²) in [6, 6.07) is 0.630. The highest BCUT2D eigenvalue weighted by atomic mass is 16.4. The van der Waals surface area contributed by atoms with Crippen molar-refractivity contribution in [1.29, 1.82) is 0 Å². The first-order chi connectivity index (χ1) is 5.65. The second kappa shape index (κ2) is 3.58. The molecule has 1 heterocycles. The van der Waals surface area contributed by atoms with Crippen molar-refractivity contribution in [1.82, 2.24) is 4.98 Å². The van der Waals surface area contributed by atoms with Crippen LogP contribution in [0.1, 0.15) is 18.6 Å². The van der Waals surface area contributed by atoms with Gasteiger partial charge < -0.3 is 15.1 Å². The van der Waals surface area contributed by atoms with E-state index < -0.39 is 0 Å². The van der Waals surface area contributed by atoms with Crippen molar-refractivity contribution in [2.75, 3.05) is 25.5 Å². The standard InChI is InChI=1S/C8H15N3O/c1-6(4-9)7-5-10-8(12-7)11(2)3/h5-6H,4,9H2,1-3H3. The van der Waals surface area contributed by atoms with Crippen LogP contribution in [0.25, 0.3) is 0 Å². The highest BCUT2D eigenvalue weighted by molar-refractivity contribution is 5.23. The SMILES string of the molecule is CC(CN)c1cnc(N(C)C)o1. The summed E-state index contributed by atoms with van der Waals surface area (Å²) >= 11 is 0. The Bertz CT molecular complexity index is 244. The summed E-state index contributed by atoms with van der Waals surface area (Å²) in [6.45, 7) is 2.60. The van der Waals surface area contributed by atoms with E-state index in [0.29, 0.717) is 12.6 Å². The zero-order valence-electron chi connectivity index (χ0n) is 7.74. The van der Waals surface area contributed by atoms with Gasteiger partial charge in [0.2, 0.25) is 0 Å². The summed E-state index contributed by atoms with van der Waals surface area (Å²) < 4.78 is 5.43. The van der Waals surface area contributed by atoms with Gasteiger partial charge in [0.05, 0.1) is 6.20 Å². The molecule has 4 nitrogen and oxygen atoms in total. The van der Waals surface area contributed by atoms with Crippen LogP contribution >= 0.6 is 0 Å². The van der Waals surface area contributed by atoms with Crippen LogP contribution < -0.4 is 10.6 Å². The van der Waals surface area contributed by atoms with E-state index in [1.807, 2.05) is 25.9 Å². The number of oxazole rings is 1. The molecular formula is C8H15N3O. The second-order valence-corrected chi connectivity index (χ2v) is 3.08. The number of nitrogens with zero attached hydrogens (tertiary/aromatic N) is 2. The number of rotatable bonds is 3. The number of anilines is 1. The van der Waals surface area contributed by atoms with Gasteiger partial charge in [0, 0.05) is 26.6 Å². The molecule has 0 spiro atoms. The third kappa shape index (κ3) is 1.76. The van der Waals surface area contributed by atoms with Crippen LogP contribution in [0.5, 0.6) is 0 Å². The maximum absolute atomic E-state index is 5.49. The van der Waals surface area contributed by atoms with Crippen molar-refractivity contribution in [2.24, 2.45) is 5.73 Å². The highest BCUT2D eigenvalue weighted by Gasteiger charge is 2.10. The van der Waals surface area contributed by atoms with Crippen LogP contribution in [0.4, 0.5) is 6.01 Å². The van der Waals surface area contributed by atoms with Crippen LogP contribution in [0.15, 0.2) is 10.6 Å². The quantitative estimate of drug-likeness (QED) is 0.727. The zero-order valence-corrected chi connectivity index (χ0v) is 7.74. The van der Waals surface area contributed by atoms with Crippen LogP contribution in [0.3, 0.4) is 0 Å². The molecule has 0 amide bonds. The molecule has 0 aliphatic carbocycles. The van der Waals surface area contributed by atoms with Gasteiger partial charge in [0.25, 0.3) is 6.01 Å². The van der Waals surface area contributed by atoms with Gasteiger partial charge >= 0.3 is 0 Å². The van der Waals surface area contributed by atoms with E-state index in [0.717, 1.165) is 5.76 Å². The van der Waals surface area contributed by atoms with Crippen LogP contribution in [-0.4, -0.2) is 25.6 Å². The molecule has 0 saturated carbocycles. The largest absolute Gasteiger partial charge is 0.428 e. The minimum absolute atomic E-state index is 0.242. The molecule has 0 bridgehead atoms. The fraction of sp³-hybridized carbons (Fsp3) is 0.625. The smallest absolute Gasteiger partial charge is 0.296 e. The second-order valence-electron chi connectivity index (χ2n) is 3.08. The molecule has 12 heavy (non-hydrogen) atoms. The topological polar surface area (TPSA) is 55.3 Å². The van der Waals surface area contributed by atoms with Gasteiger partial charge in [0.1, 0.15) is 5.76 Å². The van der Waals surface area contributed by atoms with Crippen molar-refractivity contribution in [3.8, 4) is 0 Å². The molecule has 0 aliphatic heterocycles. The Morgan fingerprint density at radius 2 is 2.33 bits per heavy atom. The van der Waals surface area contributed by atoms with E-state index in [4.69, 9.17) is 10.2 Å². The lowest BCUT2D eigenvalue weighted by Gasteiger charge is -2.06. The van der Waals surface area contributed by atoms with E-state index in [-0.39, 0.29) is 5.92 Å². The first-order valence-electron chi connectivity index (χ1n) is 3.98. The molecule has 1 atom stereocenters. The predicted molar refractivity (Wildman–Crippen MR) is 48.3 cm³/mol. The van der Waals surface area contributed by atoms with E-state index >= 15 is 0 Å². The normalized spacial score (nSPS) is 13.0. The zero-order chi connectivity index (χ0) is 9.14. The van der Waals surface area contributed by atoms with Crippen molar-refractivity contribution in [3.63, 3.8) is 0 Å². The predicted octanol–water partition coefficient (Wildman–Crippen LogP) is 0.803. The van der Waals surface area contributed by atoms with Gasteiger partial charge in [0.15, 0.2) is 0 Å². The minimum Gasteiger partial charge on any atom is -0.428 e. The van der Waals surface area contributed by atoms with Gasteiger partial charge in [-0.3, -0.25) is 0 Å². The molecule has 0 fully saturated rings. The summed E-state index contributed by atoms with van der Waals surface area (Å²) in [4.78, 5) is 5.91. The van der Waals surface area contributed by atoms with E-state index in [1.54, 1.807) is 6.20 Å². The van der Waals surface area contributed by atoms with Gasteiger partial charge in [-0.2, -0.15) is 0 Å². The molecule has 0 aliphatic rings. The molecule has 0 saturated heterocycles. The Balaban J connectivity index is 2.77. The molecule has 2 N–H and O–H groups in total. The van der Waals surface area contributed by atoms with Crippen molar-refractivity contribution in [3.05, 3.63) is 12.0 Å². The molecular weight excluding hydrogens is 154 g/mol. The van der Waals surface area contributed by atoms with Crippen molar-refractivity contribution < 1.29 is 4.42 Å². The lowest BCUT2D eigenvalue weighted by Crippen LogP contribution is -2.09. The molecule has 1 aromatic rings. The summed E-state index contributed by atoms with van der Waals surface area (Å²) in [6.07, 6.45) is 1.73. The third-order valence-electron chi connectivity index (χ3n) is 1.73. The molecule has 0 aromatic carbocycles. The molecule has 68 valence electrons. The first kappa shape index (κ1) is 9.06. The average molecular weight is 169 g/mol. The Kier molecular flexibility index (Phi) is 2.70. The fourth-order valence-electron chi connectivity index (χ4n) is 0.828. The minimum atomic E-state index is 0.242. The number of nitrogens with two attached hydrogens (primary N) is 1. The maximum Gasteiger partial charge on any atom is 0.296 e. The average Bonchev–Trinajstić information content (AvgIpc) is 2.51. The highest BCUT2D eigenvalue weighted by Crippen LogP contribution is 2.18. The molecule has 1 rings (SSSR count). The Morgan fingerprint density at radius 3 is 2.75 bits per heavy atom. The lowest BCUT2D eigenvalue weighted by atomic mass is 10.1. The van der Waals surface area contributed by atoms with E-state index in [1.165, 1.54) is 0 Å². The van der Waals surface area contributed by atoms with Crippen molar-refractivity contribution in [2.45, 2.75) is 12.8 Å². The van der Waals surface area contributed by atoms with E-state index in [2.05, 4.69) is 4.98 Å². The first-order valence-corrected chi connectivity index (χ1v) is 3.98. The Labute approximate surface area is 72.4 Å². The number of hydrogen-bond acceptors (Lipinski definition) is 4. The lowest BCUT2D eigenvalue weighted by molar-refractivity contribution is 0.475. The fourth-order valence-corrected chi connectivity index (χ4v) is 0.828. The van der Waals surface area contributed by atoms with Crippen LogP contribution in [0, 0.1) is 0 Å². The van der Waals surface area contributed by atoms with Crippen molar-refractivity contribution >= 4 is 6.01 Å². The van der Waals surface area contributed by atoms with Crippen LogP contribution in [-0.2, 0) is 0 Å². The van der Waals surface area contributed by atoms with Gasteiger partial charge in [-0.1, -0.05) is 6.92 Å². The molecule has 0 radical (unpaired) electrons. The summed E-state index contributed by atoms with van der Waals surface area (Å²) in [5.74, 6) is 1.09. The van der Waals surface area contributed by atoms with E-state index in [9.17, 15) is 0 Å². The Hall–Kier alpha value is -1.03. The van der Waals surface area contributed by atoms with Gasteiger partial charge in [-0.05, 0) is 0 Å². The Morgan fingerprint density at radius 1 is 1.67 bits per heavy atom. The number of aromatic nitrogens is 1. The van der Waals surface area contributed by atoms with Gasteiger partial charge in [-0.15, -0.1) is 0 Å².